The summed E-state index contributed by atoms with van der Waals surface area (Å²) in [7, 11) is 0. The number of nitrogens with zero attached hydrogens (tertiary/aromatic N) is 5. The molecule has 0 amide bonds. The highest BCUT2D eigenvalue weighted by atomic mass is 16.2. The Morgan fingerprint density at radius 1 is 1.00 bits per heavy atom. The SMILES string of the molecule is C=CCn1c(=O)cc(CCC)n(Cc2ccccc2-c2ccccc2-c2nnn[nH]2)c1=O. The lowest BCUT2D eigenvalue weighted by Crippen LogP contribution is -2.41. The van der Waals surface area contributed by atoms with Gasteiger partial charge >= 0.3 is 5.69 Å². The van der Waals surface area contributed by atoms with Gasteiger partial charge in [-0.15, -0.1) is 11.7 Å². The third-order valence-corrected chi connectivity index (χ3v) is 5.35. The number of nitrogens with one attached hydrogen (secondary N) is 1. The summed E-state index contributed by atoms with van der Waals surface area (Å²) < 4.78 is 2.90. The Bertz CT molecular complexity index is 1350. The molecule has 0 unspecified atom stereocenters. The smallest absolute Gasteiger partial charge is 0.293 e. The van der Waals surface area contributed by atoms with Gasteiger partial charge in [-0.05, 0) is 33.5 Å². The molecule has 162 valence electrons. The fourth-order valence-electron chi connectivity index (χ4n) is 3.88. The monoisotopic (exact) mass is 428 g/mol. The minimum Gasteiger partial charge on any atom is -0.293 e. The van der Waals surface area contributed by atoms with E-state index in [4.69, 9.17) is 0 Å². The molecule has 4 rings (SSSR count). The molecule has 2 aromatic carbocycles. The normalized spacial score (nSPS) is 10.9. The molecule has 0 spiro atoms. The van der Waals surface area contributed by atoms with E-state index in [1.54, 1.807) is 16.7 Å². The molecule has 0 saturated heterocycles. The Balaban J connectivity index is 1.86. The standard InChI is InChI=1S/C24H24N6O2/c1-3-9-18-15-22(31)29(14-4-2)24(32)30(18)16-17-10-5-6-11-19(17)20-12-7-8-13-21(20)23-25-27-28-26-23/h4-8,10-13,15H,2-3,9,14,16H2,1H3,(H,25,26,27,28). The number of hydrogen-bond acceptors (Lipinski definition) is 5. The lowest BCUT2D eigenvalue weighted by Gasteiger charge is -2.17. The molecule has 2 aromatic heterocycles. The first-order valence-corrected chi connectivity index (χ1v) is 10.5. The minimum atomic E-state index is -0.330. The molecule has 8 heteroatoms. The summed E-state index contributed by atoms with van der Waals surface area (Å²) in [4.78, 5) is 25.7. The number of tetrazole rings is 1. The largest absolute Gasteiger partial charge is 0.331 e. The van der Waals surface area contributed by atoms with Gasteiger partial charge in [0.25, 0.3) is 5.56 Å². The van der Waals surface area contributed by atoms with Crippen LogP contribution in [0.15, 0.2) is 76.8 Å². The van der Waals surface area contributed by atoms with Gasteiger partial charge in [-0.2, -0.15) is 0 Å². The third kappa shape index (κ3) is 4.07. The van der Waals surface area contributed by atoms with E-state index in [-0.39, 0.29) is 17.8 Å². The van der Waals surface area contributed by atoms with E-state index >= 15 is 0 Å². The van der Waals surface area contributed by atoms with Crippen LogP contribution in [-0.2, 0) is 19.5 Å². The molecule has 1 N–H and O–H groups in total. The van der Waals surface area contributed by atoms with Crippen LogP contribution in [0.5, 0.6) is 0 Å². The van der Waals surface area contributed by atoms with Gasteiger partial charge in [0.05, 0.1) is 6.54 Å². The number of aromatic nitrogens is 6. The predicted molar refractivity (Wildman–Crippen MR) is 123 cm³/mol. The number of rotatable bonds is 8. The molecule has 2 heterocycles. The molecule has 0 aliphatic heterocycles. The molecule has 0 aliphatic carbocycles. The molecule has 4 aromatic rings. The van der Waals surface area contributed by atoms with Gasteiger partial charge < -0.3 is 0 Å². The first-order valence-electron chi connectivity index (χ1n) is 10.5. The fourth-order valence-corrected chi connectivity index (χ4v) is 3.88. The molecule has 0 aliphatic rings. The lowest BCUT2D eigenvalue weighted by atomic mass is 9.95. The Morgan fingerprint density at radius 2 is 1.72 bits per heavy atom. The van der Waals surface area contributed by atoms with Crippen molar-refractivity contribution in [2.24, 2.45) is 0 Å². The van der Waals surface area contributed by atoms with Gasteiger partial charge in [0.2, 0.25) is 0 Å². The Morgan fingerprint density at radius 3 is 2.41 bits per heavy atom. The molecular weight excluding hydrogens is 404 g/mol. The van der Waals surface area contributed by atoms with E-state index in [1.165, 1.54) is 4.57 Å². The van der Waals surface area contributed by atoms with Crippen LogP contribution in [0.3, 0.4) is 0 Å². The highest BCUT2D eigenvalue weighted by molar-refractivity contribution is 5.82. The number of aryl methyl sites for hydroxylation is 1. The van der Waals surface area contributed by atoms with E-state index in [2.05, 4.69) is 27.2 Å². The number of benzene rings is 2. The van der Waals surface area contributed by atoms with Gasteiger partial charge in [-0.1, -0.05) is 68.0 Å². The van der Waals surface area contributed by atoms with Crippen molar-refractivity contribution < 1.29 is 0 Å². The van der Waals surface area contributed by atoms with Crippen LogP contribution in [0.25, 0.3) is 22.5 Å². The molecular formula is C24H24N6O2. The summed E-state index contributed by atoms with van der Waals surface area (Å²) in [6, 6.07) is 17.3. The van der Waals surface area contributed by atoms with Crippen molar-refractivity contribution >= 4 is 0 Å². The zero-order valence-electron chi connectivity index (χ0n) is 17.9. The molecule has 8 nitrogen and oxygen atoms in total. The maximum Gasteiger partial charge on any atom is 0.331 e. The average Bonchev–Trinajstić information content (AvgIpc) is 3.35. The van der Waals surface area contributed by atoms with E-state index in [0.717, 1.165) is 34.4 Å². The zero-order chi connectivity index (χ0) is 22.5. The molecule has 0 fully saturated rings. The van der Waals surface area contributed by atoms with Crippen molar-refractivity contribution in [3.05, 3.63) is 99.3 Å². The molecule has 0 bridgehead atoms. The first-order chi connectivity index (χ1) is 15.6. The van der Waals surface area contributed by atoms with Crippen molar-refractivity contribution in [1.82, 2.24) is 29.8 Å². The molecule has 0 atom stereocenters. The number of H-pyrrole nitrogens is 1. The highest BCUT2D eigenvalue weighted by Gasteiger charge is 2.16. The van der Waals surface area contributed by atoms with Crippen molar-refractivity contribution in [3.63, 3.8) is 0 Å². The van der Waals surface area contributed by atoms with Crippen LogP contribution in [0.2, 0.25) is 0 Å². The first kappa shape index (κ1) is 21.2. The second-order valence-corrected chi connectivity index (χ2v) is 7.44. The van der Waals surface area contributed by atoms with E-state index < -0.39 is 0 Å². The number of allylic oxidation sites excluding steroid dienone is 1. The summed E-state index contributed by atoms with van der Waals surface area (Å²) in [5.41, 5.74) is 3.83. The van der Waals surface area contributed by atoms with Crippen molar-refractivity contribution in [3.8, 4) is 22.5 Å². The van der Waals surface area contributed by atoms with Crippen LogP contribution in [0, 0.1) is 0 Å². The summed E-state index contributed by atoms with van der Waals surface area (Å²) in [5.74, 6) is 0.568. The van der Waals surface area contributed by atoms with Gasteiger partial charge in [0.15, 0.2) is 5.82 Å². The van der Waals surface area contributed by atoms with Gasteiger partial charge in [0, 0.05) is 23.9 Å². The Kier molecular flexibility index (Phi) is 6.21. The fraction of sp³-hybridized carbons (Fsp3) is 0.208. The van der Waals surface area contributed by atoms with Crippen molar-refractivity contribution in [2.45, 2.75) is 32.9 Å². The summed E-state index contributed by atoms with van der Waals surface area (Å²) in [6.45, 7) is 6.21. The zero-order valence-corrected chi connectivity index (χ0v) is 17.9. The maximum absolute atomic E-state index is 13.2. The van der Waals surface area contributed by atoms with Gasteiger partial charge in [-0.3, -0.25) is 13.9 Å². The highest BCUT2D eigenvalue weighted by Crippen LogP contribution is 2.32. The summed E-state index contributed by atoms with van der Waals surface area (Å²) >= 11 is 0. The van der Waals surface area contributed by atoms with E-state index in [9.17, 15) is 9.59 Å². The van der Waals surface area contributed by atoms with E-state index in [0.29, 0.717) is 18.8 Å². The Hall–Kier alpha value is -4.07. The predicted octanol–water partition coefficient (Wildman–Crippen LogP) is 3.04. The maximum atomic E-state index is 13.2. The molecule has 0 radical (unpaired) electrons. The van der Waals surface area contributed by atoms with Crippen LogP contribution < -0.4 is 11.2 Å². The number of hydrogen-bond donors (Lipinski definition) is 1. The topological polar surface area (TPSA) is 98.5 Å². The van der Waals surface area contributed by atoms with Crippen LogP contribution in [0.4, 0.5) is 0 Å². The Labute approximate surface area is 184 Å². The van der Waals surface area contributed by atoms with Gasteiger partial charge in [0.1, 0.15) is 0 Å². The minimum absolute atomic E-state index is 0.174. The van der Waals surface area contributed by atoms with Crippen LogP contribution in [0.1, 0.15) is 24.6 Å². The molecule has 0 saturated carbocycles. The van der Waals surface area contributed by atoms with Crippen LogP contribution >= 0.6 is 0 Å². The quantitative estimate of drug-likeness (QED) is 0.435. The average molecular weight is 428 g/mol. The summed E-state index contributed by atoms with van der Waals surface area (Å²) in [6.07, 6.45) is 3.03. The van der Waals surface area contributed by atoms with E-state index in [1.807, 2.05) is 55.5 Å². The van der Waals surface area contributed by atoms with Crippen LogP contribution in [-0.4, -0.2) is 29.8 Å². The summed E-state index contributed by atoms with van der Waals surface area (Å²) in [5, 5.41) is 14.3. The lowest BCUT2D eigenvalue weighted by molar-refractivity contribution is 0.587. The second kappa shape index (κ2) is 9.38. The van der Waals surface area contributed by atoms with Gasteiger partial charge in [-0.25, -0.2) is 9.89 Å². The van der Waals surface area contributed by atoms with Crippen molar-refractivity contribution in [2.75, 3.05) is 0 Å². The second-order valence-electron chi connectivity index (χ2n) is 7.44. The third-order valence-electron chi connectivity index (χ3n) is 5.35. The molecule has 32 heavy (non-hydrogen) atoms. The number of aromatic amines is 1. The van der Waals surface area contributed by atoms with Crippen molar-refractivity contribution in [1.29, 1.82) is 0 Å².